The van der Waals surface area contributed by atoms with Crippen LogP contribution in [0.3, 0.4) is 0 Å². The van der Waals surface area contributed by atoms with E-state index in [9.17, 15) is 4.79 Å². The number of piperidine rings is 1. The summed E-state index contributed by atoms with van der Waals surface area (Å²) >= 11 is 0. The number of nitrogens with zero attached hydrogens (tertiary/aromatic N) is 3. The molecular formula is C19H32N4O2. The van der Waals surface area contributed by atoms with E-state index in [0.29, 0.717) is 12.0 Å². The predicted octanol–water partition coefficient (Wildman–Crippen LogP) is 2.57. The Hall–Kier alpha value is -1.56. The first-order chi connectivity index (χ1) is 12.0. The number of amides is 2. The third kappa shape index (κ3) is 4.17. The van der Waals surface area contributed by atoms with Crippen LogP contribution in [0.25, 0.3) is 0 Å². The molecule has 1 N–H and O–H groups in total. The molecule has 25 heavy (non-hydrogen) atoms. The average molecular weight is 348 g/mol. The highest BCUT2D eigenvalue weighted by Crippen LogP contribution is 2.28. The predicted molar refractivity (Wildman–Crippen MR) is 97.7 cm³/mol. The summed E-state index contributed by atoms with van der Waals surface area (Å²) < 4.78 is 7.73. The SMILES string of the molecule is Cc1nn(C)c(C)c1C[C@@H](C)NC(=O)N1CCC([C@@H]2CCCO2)CC1. The Balaban J connectivity index is 1.47. The molecule has 1 aromatic rings. The van der Waals surface area contributed by atoms with Crippen LogP contribution in [0.15, 0.2) is 0 Å². The second kappa shape index (κ2) is 7.77. The molecule has 140 valence electrons. The lowest BCUT2D eigenvalue weighted by Gasteiger charge is -2.35. The number of carbonyl (C=O) groups is 1. The molecule has 0 spiro atoms. The van der Waals surface area contributed by atoms with Gasteiger partial charge in [-0.15, -0.1) is 0 Å². The standard InChI is InChI=1S/C19H32N4O2/c1-13(12-17-14(2)21-22(4)15(17)3)20-19(24)23-9-7-16(8-10-23)18-6-5-11-25-18/h13,16,18H,5-12H2,1-4H3,(H,20,24)/t13-,18+/m1/s1. The van der Waals surface area contributed by atoms with E-state index in [0.717, 1.165) is 44.7 Å². The van der Waals surface area contributed by atoms with Crippen molar-refractivity contribution in [2.45, 2.75) is 65.0 Å². The molecule has 0 saturated carbocycles. The number of nitrogens with one attached hydrogen (secondary N) is 1. The Morgan fingerprint density at radius 3 is 2.60 bits per heavy atom. The molecule has 6 nitrogen and oxygen atoms in total. The fourth-order valence-electron chi connectivity index (χ4n) is 4.22. The van der Waals surface area contributed by atoms with E-state index in [1.165, 1.54) is 24.1 Å². The number of ether oxygens (including phenoxy) is 1. The molecule has 2 aliphatic rings. The van der Waals surface area contributed by atoms with Crippen molar-refractivity contribution >= 4 is 6.03 Å². The van der Waals surface area contributed by atoms with Gasteiger partial charge in [0.25, 0.3) is 0 Å². The normalized spacial score (nSPS) is 23.0. The topological polar surface area (TPSA) is 59.4 Å². The molecule has 0 aliphatic carbocycles. The van der Waals surface area contributed by atoms with Crippen molar-refractivity contribution < 1.29 is 9.53 Å². The molecule has 2 amide bonds. The lowest BCUT2D eigenvalue weighted by atomic mass is 9.90. The number of carbonyl (C=O) groups excluding carboxylic acids is 1. The van der Waals surface area contributed by atoms with E-state index in [4.69, 9.17) is 4.74 Å². The van der Waals surface area contributed by atoms with Gasteiger partial charge in [0, 0.05) is 38.5 Å². The van der Waals surface area contributed by atoms with Crippen molar-refractivity contribution in [3.8, 4) is 0 Å². The third-order valence-electron chi connectivity index (χ3n) is 5.86. The average Bonchev–Trinajstić information content (AvgIpc) is 3.20. The highest BCUT2D eigenvalue weighted by atomic mass is 16.5. The molecule has 1 aromatic heterocycles. The number of hydrogen-bond donors (Lipinski definition) is 1. The summed E-state index contributed by atoms with van der Waals surface area (Å²) in [6.45, 7) is 8.79. The van der Waals surface area contributed by atoms with Gasteiger partial charge in [0.05, 0.1) is 11.8 Å². The molecule has 3 heterocycles. The summed E-state index contributed by atoms with van der Waals surface area (Å²) in [6, 6.07) is 0.169. The minimum Gasteiger partial charge on any atom is -0.378 e. The van der Waals surface area contributed by atoms with Crippen LogP contribution < -0.4 is 5.32 Å². The van der Waals surface area contributed by atoms with E-state index in [1.54, 1.807) is 0 Å². The quantitative estimate of drug-likeness (QED) is 0.910. The lowest BCUT2D eigenvalue weighted by molar-refractivity contribution is 0.0371. The zero-order valence-electron chi connectivity index (χ0n) is 16.0. The maximum atomic E-state index is 12.6. The maximum absolute atomic E-state index is 12.6. The number of hydrogen-bond acceptors (Lipinski definition) is 3. The van der Waals surface area contributed by atoms with Crippen LogP contribution in [0.1, 0.15) is 49.6 Å². The van der Waals surface area contributed by atoms with E-state index >= 15 is 0 Å². The smallest absolute Gasteiger partial charge is 0.317 e. The van der Waals surface area contributed by atoms with Gasteiger partial charge in [0.1, 0.15) is 0 Å². The third-order valence-corrected chi connectivity index (χ3v) is 5.86. The van der Waals surface area contributed by atoms with Crippen LogP contribution in [0, 0.1) is 19.8 Å². The van der Waals surface area contributed by atoms with Gasteiger partial charge in [0.2, 0.25) is 0 Å². The number of aromatic nitrogens is 2. The first kappa shape index (κ1) is 18.2. The van der Waals surface area contributed by atoms with E-state index < -0.39 is 0 Å². The van der Waals surface area contributed by atoms with Gasteiger partial charge in [-0.25, -0.2) is 4.79 Å². The first-order valence-electron chi connectivity index (χ1n) is 9.61. The van der Waals surface area contributed by atoms with Gasteiger partial charge < -0.3 is 15.0 Å². The zero-order valence-corrected chi connectivity index (χ0v) is 16.0. The molecule has 2 atom stereocenters. The second-order valence-corrected chi connectivity index (χ2v) is 7.70. The Morgan fingerprint density at radius 1 is 1.32 bits per heavy atom. The van der Waals surface area contributed by atoms with Crippen molar-refractivity contribution in [3.05, 3.63) is 17.0 Å². The highest BCUT2D eigenvalue weighted by Gasteiger charge is 2.31. The van der Waals surface area contributed by atoms with Crippen molar-refractivity contribution in [3.63, 3.8) is 0 Å². The van der Waals surface area contributed by atoms with Gasteiger partial charge in [-0.3, -0.25) is 4.68 Å². The van der Waals surface area contributed by atoms with Crippen LogP contribution in [0.4, 0.5) is 4.79 Å². The number of aryl methyl sites for hydroxylation is 2. The summed E-state index contributed by atoms with van der Waals surface area (Å²) in [5.74, 6) is 0.629. The molecular weight excluding hydrogens is 316 g/mol. The number of rotatable bonds is 4. The van der Waals surface area contributed by atoms with Crippen LogP contribution in [-0.2, 0) is 18.2 Å². The maximum Gasteiger partial charge on any atom is 0.317 e. The van der Waals surface area contributed by atoms with E-state index in [-0.39, 0.29) is 12.1 Å². The first-order valence-corrected chi connectivity index (χ1v) is 9.61. The van der Waals surface area contributed by atoms with Gasteiger partial charge in [-0.2, -0.15) is 5.10 Å². The van der Waals surface area contributed by atoms with Crippen LogP contribution in [0.2, 0.25) is 0 Å². The Labute approximate surface area is 150 Å². The minimum atomic E-state index is 0.0671. The molecule has 2 saturated heterocycles. The van der Waals surface area contributed by atoms with Crippen molar-refractivity contribution in [2.75, 3.05) is 19.7 Å². The Kier molecular flexibility index (Phi) is 5.67. The fourth-order valence-corrected chi connectivity index (χ4v) is 4.22. The monoisotopic (exact) mass is 348 g/mol. The molecule has 0 unspecified atom stereocenters. The molecule has 0 bridgehead atoms. The fraction of sp³-hybridized carbons (Fsp3) is 0.789. The Bertz CT molecular complexity index is 599. The van der Waals surface area contributed by atoms with E-state index in [1.807, 2.05) is 23.6 Å². The number of likely N-dealkylation sites (tertiary alicyclic amines) is 1. The van der Waals surface area contributed by atoms with Crippen LogP contribution in [-0.4, -0.2) is 52.6 Å². The molecule has 2 aliphatic heterocycles. The summed E-state index contributed by atoms with van der Waals surface area (Å²) in [7, 11) is 1.97. The summed E-state index contributed by atoms with van der Waals surface area (Å²) in [4.78, 5) is 14.5. The van der Waals surface area contributed by atoms with Crippen LogP contribution >= 0.6 is 0 Å². The summed E-state index contributed by atoms with van der Waals surface area (Å²) in [5.41, 5.74) is 3.47. The lowest BCUT2D eigenvalue weighted by Crippen LogP contribution is -2.48. The van der Waals surface area contributed by atoms with Gasteiger partial charge in [0.15, 0.2) is 0 Å². The molecule has 0 radical (unpaired) electrons. The van der Waals surface area contributed by atoms with Gasteiger partial charge in [-0.1, -0.05) is 0 Å². The van der Waals surface area contributed by atoms with Gasteiger partial charge >= 0.3 is 6.03 Å². The van der Waals surface area contributed by atoms with Crippen molar-refractivity contribution in [1.29, 1.82) is 0 Å². The van der Waals surface area contributed by atoms with E-state index in [2.05, 4.69) is 24.3 Å². The second-order valence-electron chi connectivity index (χ2n) is 7.70. The van der Waals surface area contributed by atoms with Gasteiger partial charge in [-0.05, 0) is 64.4 Å². The van der Waals surface area contributed by atoms with Crippen LogP contribution in [0.5, 0.6) is 0 Å². The summed E-state index contributed by atoms with van der Waals surface area (Å²) in [5, 5.41) is 7.63. The molecule has 0 aromatic carbocycles. The largest absolute Gasteiger partial charge is 0.378 e. The van der Waals surface area contributed by atoms with Crippen molar-refractivity contribution in [2.24, 2.45) is 13.0 Å². The van der Waals surface area contributed by atoms with Crippen molar-refractivity contribution in [1.82, 2.24) is 20.0 Å². The zero-order chi connectivity index (χ0) is 18.0. The number of urea groups is 1. The highest BCUT2D eigenvalue weighted by molar-refractivity contribution is 5.74. The molecule has 2 fully saturated rings. The minimum absolute atomic E-state index is 0.0671. The molecule has 3 rings (SSSR count). The Morgan fingerprint density at radius 2 is 2.04 bits per heavy atom. The summed E-state index contributed by atoms with van der Waals surface area (Å²) in [6.07, 6.45) is 5.76. The molecule has 6 heteroatoms.